The van der Waals surface area contributed by atoms with Crippen LogP contribution in [0, 0.1) is 0 Å². The number of hydrogen-bond acceptors (Lipinski definition) is 7. The lowest BCUT2D eigenvalue weighted by Gasteiger charge is -2.16. The van der Waals surface area contributed by atoms with E-state index in [1.807, 2.05) is 23.5 Å². The van der Waals surface area contributed by atoms with E-state index in [0.717, 1.165) is 41.3 Å². The molecule has 1 aromatic carbocycles. The largest absolute Gasteiger partial charge is 0.368 e. The third-order valence-corrected chi connectivity index (χ3v) is 8.53. The third-order valence-electron chi connectivity index (χ3n) is 6.33. The van der Waals surface area contributed by atoms with Crippen LogP contribution in [-0.4, -0.2) is 27.5 Å². The zero-order valence-electron chi connectivity index (χ0n) is 18.3. The first kappa shape index (κ1) is 20.7. The molecule has 7 heteroatoms. The Kier molecular flexibility index (Phi) is 5.54. The van der Waals surface area contributed by atoms with Crippen molar-refractivity contribution in [2.45, 2.75) is 38.1 Å². The highest BCUT2D eigenvalue weighted by atomic mass is 32.1. The lowest BCUT2D eigenvalue weighted by Crippen LogP contribution is -2.31. The Hall–Kier alpha value is -2.87. The number of rotatable bonds is 6. The summed E-state index contributed by atoms with van der Waals surface area (Å²) in [5, 5.41) is 8.36. The Morgan fingerprint density at radius 2 is 1.88 bits per heavy atom. The smallest absolute Gasteiger partial charge is 0.163 e. The molecular weight excluding hydrogens is 446 g/mol. The first-order valence-electron chi connectivity index (χ1n) is 11.4. The van der Waals surface area contributed by atoms with Crippen molar-refractivity contribution < 1.29 is 0 Å². The Labute approximate surface area is 200 Å². The van der Waals surface area contributed by atoms with E-state index < -0.39 is 0 Å². The molecule has 6 rings (SSSR count). The Balaban J connectivity index is 1.31. The molecule has 33 heavy (non-hydrogen) atoms. The molecule has 1 unspecified atom stereocenters. The number of nitrogens with two attached hydrogens (primary N) is 1. The van der Waals surface area contributed by atoms with Crippen LogP contribution in [0.3, 0.4) is 0 Å². The predicted molar refractivity (Wildman–Crippen MR) is 139 cm³/mol. The van der Waals surface area contributed by atoms with Crippen molar-refractivity contribution in [3.05, 3.63) is 70.2 Å². The van der Waals surface area contributed by atoms with E-state index in [2.05, 4.69) is 39.9 Å². The van der Waals surface area contributed by atoms with Crippen LogP contribution in [0.1, 0.15) is 28.8 Å². The summed E-state index contributed by atoms with van der Waals surface area (Å²) < 4.78 is 1.32. The maximum atomic E-state index is 6.60. The number of fused-ring (bicyclic) bond motifs is 4. The van der Waals surface area contributed by atoms with E-state index in [9.17, 15) is 0 Å². The summed E-state index contributed by atoms with van der Waals surface area (Å²) >= 11 is 3.61. The van der Waals surface area contributed by atoms with Crippen LogP contribution in [0.5, 0.6) is 0 Å². The maximum Gasteiger partial charge on any atom is 0.163 e. The number of anilines is 1. The van der Waals surface area contributed by atoms with Gasteiger partial charge in [0.05, 0.1) is 5.39 Å². The molecule has 5 aromatic rings. The molecule has 4 heterocycles. The molecular formula is C26H25N5S2. The fourth-order valence-electron chi connectivity index (χ4n) is 4.69. The van der Waals surface area contributed by atoms with Crippen molar-refractivity contribution in [3.8, 4) is 11.4 Å². The lowest BCUT2D eigenvalue weighted by atomic mass is 9.97. The van der Waals surface area contributed by atoms with Crippen molar-refractivity contribution in [3.63, 3.8) is 0 Å². The predicted octanol–water partition coefficient (Wildman–Crippen LogP) is 5.83. The first-order chi connectivity index (χ1) is 16.3. The van der Waals surface area contributed by atoms with Crippen LogP contribution in [0.25, 0.3) is 31.7 Å². The highest BCUT2D eigenvalue weighted by Crippen LogP contribution is 2.39. The molecule has 0 amide bonds. The number of nitrogens with zero attached hydrogens (tertiary/aromatic N) is 3. The minimum atomic E-state index is -0.00754. The van der Waals surface area contributed by atoms with Gasteiger partial charge in [-0.05, 0) is 72.2 Å². The number of aromatic nitrogens is 3. The summed E-state index contributed by atoms with van der Waals surface area (Å²) in [6, 6.07) is 12.5. The number of thiophene rings is 2. The number of benzene rings is 1. The van der Waals surface area contributed by atoms with Crippen LogP contribution in [0.15, 0.2) is 54.2 Å². The van der Waals surface area contributed by atoms with Gasteiger partial charge >= 0.3 is 0 Å². The van der Waals surface area contributed by atoms with Gasteiger partial charge in [0.15, 0.2) is 5.82 Å². The van der Waals surface area contributed by atoms with Gasteiger partial charge < -0.3 is 11.1 Å². The number of pyridine rings is 1. The van der Waals surface area contributed by atoms with Crippen LogP contribution >= 0.6 is 22.7 Å². The minimum Gasteiger partial charge on any atom is -0.368 e. The summed E-state index contributed by atoms with van der Waals surface area (Å²) in [6.07, 6.45) is 9.15. The van der Waals surface area contributed by atoms with Gasteiger partial charge in [-0.1, -0.05) is 18.2 Å². The van der Waals surface area contributed by atoms with E-state index in [-0.39, 0.29) is 6.04 Å². The molecule has 0 saturated carbocycles. The second-order valence-corrected chi connectivity index (χ2v) is 10.6. The molecule has 1 aliphatic rings. The van der Waals surface area contributed by atoms with Crippen molar-refractivity contribution in [1.82, 2.24) is 15.0 Å². The van der Waals surface area contributed by atoms with Crippen LogP contribution in [0.4, 0.5) is 5.82 Å². The van der Waals surface area contributed by atoms with E-state index in [1.54, 1.807) is 23.7 Å². The molecule has 0 fully saturated rings. The molecule has 1 atom stereocenters. The fourth-order valence-corrected chi connectivity index (χ4v) is 6.93. The Morgan fingerprint density at radius 3 is 2.79 bits per heavy atom. The molecule has 4 aromatic heterocycles. The van der Waals surface area contributed by atoms with E-state index in [1.165, 1.54) is 44.3 Å². The van der Waals surface area contributed by atoms with Gasteiger partial charge in [0.2, 0.25) is 0 Å². The van der Waals surface area contributed by atoms with E-state index in [4.69, 9.17) is 15.7 Å². The monoisotopic (exact) mass is 471 g/mol. The summed E-state index contributed by atoms with van der Waals surface area (Å²) in [5.41, 5.74) is 10.3. The molecule has 0 spiro atoms. The lowest BCUT2D eigenvalue weighted by molar-refractivity contribution is 0.697. The first-order valence-corrected chi connectivity index (χ1v) is 13.1. The third kappa shape index (κ3) is 4.01. The molecule has 3 N–H and O–H groups in total. The molecule has 1 aliphatic carbocycles. The topological polar surface area (TPSA) is 76.7 Å². The summed E-state index contributed by atoms with van der Waals surface area (Å²) in [6.45, 7) is 0.663. The Bertz CT molecular complexity index is 1420. The van der Waals surface area contributed by atoms with Crippen molar-refractivity contribution in [1.29, 1.82) is 0 Å². The van der Waals surface area contributed by atoms with Gasteiger partial charge in [0.1, 0.15) is 10.6 Å². The number of hydrogen-bond donors (Lipinski definition) is 2. The summed E-state index contributed by atoms with van der Waals surface area (Å²) in [7, 11) is 0. The zero-order chi connectivity index (χ0) is 22.2. The van der Waals surface area contributed by atoms with Gasteiger partial charge in [0.25, 0.3) is 0 Å². The van der Waals surface area contributed by atoms with E-state index >= 15 is 0 Å². The van der Waals surface area contributed by atoms with Crippen LogP contribution in [-0.2, 0) is 19.3 Å². The maximum absolute atomic E-state index is 6.60. The highest BCUT2D eigenvalue weighted by molar-refractivity contribution is 7.19. The molecule has 5 nitrogen and oxygen atoms in total. The number of aryl methyl sites for hydroxylation is 2. The zero-order valence-corrected chi connectivity index (χ0v) is 19.9. The average Bonchev–Trinajstić information content (AvgIpc) is 3.44. The summed E-state index contributed by atoms with van der Waals surface area (Å²) in [4.78, 5) is 16.6. The molecule has 0 aliphatic heterocycles. The van der Waals surface area contributed by atoms with Gasteiger partial charge in [-0.25, -0.2) is 9.97 Å². The fraction of sp³-hybridized carbons (Fsp3) is 0.269. The van der Waals surface area contributed by atoms with Gasteiger partial charge in [-0.2, -0.15) is 0 Å². The molecule has 0 saturated heterocycles. The standard InChI is InChI=1S/C26H25N5S2/c27-18(13-17-15-32-21-7-3-1-5-19(17)21)14-29-25-23-20-6-2-4-8-22(20)33-26(23)31-24(30-25)16-9-11-28-12-10-16/h1,3,5,7,9-12,15,18H,2,4,6,8,13-14,27H2,(H,29,30,31). The van der Waals surface area contributed by atoms with Gasteiger partial charge in [0, 0.05) is 40.1 Å². The van der Waals surface area contributed by atoms with Crippen molar-refractivity contribution in [2.75, 3.05) is 11.9 Å². The quantitative estimate of drug-likeness (QED) is 0.326. The number of nitrogens with one attached hydrogen (secondary N) is 1. The molecule has 0 bridgehead atoms. The molecule has 166 valence electrons. The second kappa shape index (κ2) is 8.82. The molecule has 0 radical (unpaired) electrons. The minimum absolute atomic E-state index is 0.00754. The van der Waals surface area contributed by atoms with Gasteiger partial charge in [-0.15, -0.1) is 22.7 Å². The Morgan fingerprint density at radius 1 is 1.03 bits per heavy atom. The normalized spacial score (nSPS) is 14.5. The van der Waals surface area contributed by atoms with Crippen molar-refractivity contribution >= 4 is 48.8 Å². The highest BCUT2D eigenvalue weighted by Gasteiger charge is 2.22. The SMILES string of the molecule is NC(CNc1nc(-c2ccncc2)nc2sc3c(c12)CCCC3)Cc1csc2ccccc12. The van der Waals surface area contributed by atoms with Crippen LogP contribution < -0.4 is 11.1 Å². The van der Waals surface area contributed by atoms with Crippen molar-refractivity contribution in [2.24, 2.45) is 5.73 Å². The van der Waals surface area contributed by atoms with Gasteiger partial charge in [-0.3, -0.25) is 4.98 Å². The second-order valence-electron chi connectivity index (χ2n) is 8.62. The average molecular weight is 472 g/mol. The summed E-state index contributed by atoms with van der Waals surface area (Å²) in [5.74, 6) is 1.65. The van der Waals surface area contributed by atoms with E-state index in [0.29, 0.717) is 6.54 Å². The van der Waals surface area contributed by atoms with Crippen LogP contribution in [0.2, 0.25) is 0 Å².